The molecule has 0 saturated carbocycles. The van der Waals surface area contributed by atoms with Crippen molar-refractivity contribution in [3.8, 4) is 0 Å². The first kappa shape index (κ1) is 14.2. The van der Waals surface area contributed by atoms with Crippen molar-refractivity contribution in [2.24, 2.45) is 0 Å². The van der Waals surface area contributed by atoms with Crippen molar-refractivity contribution in [1.29, 1.82) is 0 Å². The van der Waals surface area contributed by atoms with Crippen LogP contribution in [0.15, 0.2) is 0 Å². The summed E-state index contributed by atoms with van der Waals surface area (Å²) in [5.41, 5.74) is -0.935. The number of rotatable bonds is 3. The molecule has 0 aliphatic carbocycles. The second-order valence-corrected chi connectivity index (χ2v) is 5.17. The Bertz CT molecular complexity index is 392. The van der Waals surface area contributed by atoms with E-state index in [0.717, 1.165) is 0 Å². The van der Waals surface area contributed by atoms with Gasteiger partial charge in [-0.2, -0.15) is 0 Å². The van der Waals surface area contributed by atoms with Crippen LogP contribution in [0.3, 0.4) is 0 Å². The third-order valence-corrected chi connectivity index (χ3v) is 2.92. The largest absolute Gasteiger partial charge is 0.463 e. The van der Waals surface area contributed by atoms with Crippen molar-refractivity contribution in [3.63, 3.8) is 0 Å². The molecule has 2 heterocycles. The monoisotopic (exact) mass is 274 g/mol. The summed E-state index contributed by atoms with van der Waals surface area (Å²) in [6.45, 7) is 6.21. The molecule has 0 amide bonds. The smallest absolute Gasteiger partial charge is 0.305 e. The van der Waals surface area contributed by atoms with Crippen molar-refractivity contribution in [2.75, 3.05) is 13.2 Å². The highest BCUT2D eigenvalue weighted by Gasteiger charge is 2.63. The molecule has 7 heteroatoms. The first-order chi connectivity index (χ1) is 8.74. The lowest BCUT2D eigenvalue weighted by atomic mass is 10.0. The molecule has 0 unspecified atom stereocenters. The Balaban J connectivity index is 2.15. The average molecular weight is 274 g/mol. The van der Waals surface area contributed by atoms with E-state index in [4.69, 9.17) is 23.7 Å². The maximum Gasteiger partial charge on any atom is 0.305 e. The zero-order valence-corrected chi connectivity index (χ0v) is 11.4. The first-order valence-electron chi connectivity index (χ1n) is 6.04. The summed E-state index contributed by atoms with van der Waals surface area (Å²) in [7, 11) is 0. The molecular formula is C12H18O7. The Morgan fingerprint density at radius 1 is 1.26 bits per heavy atom. The summed E-state index contributed by atoms with van der Waals surface area (Å²) < 4.78 is 26.9. The Hall–Kier alpha value is -1.18. The van der Waals surface area contributed by atoms with Gasteiger partial charge in [-0.3, -0.25) is 9.59 Å². The van der Waals surface area contributed by atoms with E-state index in [9.17, 15) is 9.59 Å². The van der Waals surface area contributed by atoms with Gasteiger partial charge in [0.25, 0.3) is 0 Å². The Labute approximate surface area is 111 Å². The van der Waals surface area contributed by atoms with Gasteiger partial charge in [-0.15, -0.1) is 0 Å². The summed E-state index contributed by atoms with van der Waals surface area (Å²) in [5, 5.41) is 0. The van der Waals surface area contributed by atoms with E-state index >= 15 is 0 Å². The van der Waals surface area contributed by atoms with Crippen molar-refractivity contribution >= 4 is 11.9 Å². The summed E-state index contributed by atoms with van der Waals surface area (Å²) in [6, 6.07) is 0. The summed E-state index contributed by atoms with van der Waals surface area (Å²) in [4.78, 5) is 22.0. The van der Waals surface area contributed by atoms with E-state index in [-0.39, 0.29) is 13.2 Å². The van der Waals surface area contributed by atoms with Gasteiger partial charge < -0.3 is 23.7 Å². The number of carbonyl (C=O) groups is 2. The lowest BCUT2D eigenvalue weighted by Gasteiger charge is -2.25. The maximum atomic E-state index is 11.0. The zero-order chi connectivity index (χ0) is 14.3. The summed E-state index contributed by atoms with van der Waals surface area (Å²) in [5.74, 6) is -1.74. The highest BCUT2D eigenvalue weighted by atomic mass is 16.8. The van der Waals surface area contributed by atoms with Gasteiger partial charge in [0.2, 0.25) is 6.29 Å². The van der Waals surface area contributed by atoms with Crippen LogP contribution in [0, 0.1) is 0 Å². The van der Waals surface area contributed by atoms with Crippen LogP contribution in [0.1, 0.15) is 27.7 Å². The van der Waals surface area contributed by atoms with E-state index in [1.807, 2.05) is 0 Å². The predicted molar refractivity (Wildman–Crippen MR) is 60.9 cm³/mol. The highest BCUT2D eigenvalue weighted by molar-refractivity contribution is 5.66. The molecule has 2 aliphatic rings. The molecule has 0 aromatic carbocycles. The second-order valence-electron chi connectivity index (χ2n) is 5.17. The van der Waals surface area contributed by atoms with E-state index < -0.39 is 35.7 Å². The number of hydrogen-bond donors (Lipinski definition) is 0. The molecule has 7 nitrogen and oxygen atoms in total. The van der Waals surface area contributed by atoms with Crippen molar-refractivity contribution in [1.82, 2.24) is 0 Å². The Kier molecular flexibility index (Phi) is 3.55. The minimum atomic E-state index is -0.935. The normalized spacial score (nSPS) is 35.8. The van der Waals surface area contributed by atoms with Gasteiger partial charge in [0.1, 0.15) is 6.61 Å². The number of carbonyl (C=O) groups excluding carboxylic acids is 2. The lowest BCUT2D eigenvalue weighted by molar-refractivity contribution is -0.226. The Morgan fingerprint density at radius 2 is 1.95 bits per heavy atom. The van der Waals surface area contributed by atoms with Gasteiger partial charge >= 0.3 is 11.9 Å². The molecule has 108 valence electrons. The van der Waals surface area contributed by atoms with Crippen molar-refractivity contribution in [2.45, 2.75) is 51.5 Å². The van der Waals surface area contributed by atoms with Crippen LogP contribution in [-0.4, -0.2) is 48.9 Å². The molecular weight excluding hydrogens is 256 g/mol. The third-order valence-electron chi connectivity index (χ3n) is 2.92. The molecule has 0 bridgehead atoms. The van der Waals surface area contributed by atoms with Crippen LogP contribution in [0.4, 0.5) is 0 Å². The van der Waals surface area contributed by atoms with E-state index in [1.165, 1.54) is 13.8 Å². The van der Waals surface area contributed by atoms with Gasteiger partial charge in [0.15, 0.2) is 17.5 Å². The van der Waals surface area contributed by atoms with Crippen LogP contribution in [-0.2, 0) is 33.3 Å². The van der Waals surface area contributed by atoms with E-state index in [2.05, 4.69) is 0 Å². The fourth-order valence-corrected chi connectivity index (χ4v) is 2.35. The molecule has 19 heavy (non-hydrogen) atoms. The molecule has 0 aromatic heterocycles. The topological polar surface area (TPSA) is 80.3 Å². The highest BCUT2D eigenvalue weighted by Crippen LogP contribution is 2.43. The molecule has 0 radical (unpaired) electrons. The number of esters is 2. The second kappa shape index (κ2) is 4.73. The summed E-state index contributed by atoms with van der Waals surface area (Å²) >= 11 is 0. The fourth-order valence-electron chi connectivity index (χ4n) is 2.35. The summed E-state index contributed by atoms with van der Waals surface area (Å²) in [6.07, 6.45) is -1.47. The molecule has 2 rings (SSSR count). The molecule has 2 aliphatic heterocycles. The maximum absolute atomic E-state index is 11.0. The quantitative estimate of drug-likeness (QED) is 0.687. The Morgan fingerprint density at radius 3 is 2.53 bits per heavy atom. The van der Waals surface area contributed by atoms with Crippen LogP contribution in [0.5, 0.6) is 0 Å². The standard InChI is InChI=1S/C12H18O7/c1-7(13)15-5-12-6-16-10(17-8(2)14)9(12)18-11(3,4)19-12/h9-10H,5-6H2,1-4H3/t9-,10-,12+/m0/s1. The molecule has 0 aromatic rings. The van der Waals surface area contributed by atoms with Crippen LogP contribution < -0.4 is 0 Å². The third kappa shape index (κ3) is 2.88. The fraction of sp³-hybridized carbons (Fsp3) is 0.833. The van der Waals surface area contributed by atoms with Crippen molar-refractivity contribution < 1.29 is 33.3 Å². The van der Waals surface area contributed by atoms with Crippen molar-refractivity contribution in [3.05, 3.63) is 0 Å². The van der Waals surface area contributed by atoms with Crippen LogP contribution >= 0.6 is 0 Å². The SMILES string of the molecule is CC(=O)OC[C@@]12CO[C@@H](OC(C)=O)[C@@H]1OC(C)(C)O2. The predicted octanol–water partition coefficient (Wildman–Crippen LogP) is 0.359. The molecule has 3 atom stereocenters. The number of fused-ring (bicyclic) bond motifs is 1. The van der Waals surface area contributed by atoms with Gasteiger partial charge in [-0.25, -0.2) is 0 Å². The van der Waals surface area contributed by atoms with Gasteiger partial charge in [0, 0.05) is 13.8 Å². The molecule has 2 fully saturated rings. The molecule has 2 saturated heterocycles. The number of ether oxygens (including phenoxy) is 5. The average Bonchev–Trinajstić information content (AvgIpc) is 2.68. The molecule has 0 spiro atoms. The first-order valence-corrected chi connectivity index (χ1v) is 6.04. The van der Waals surface area contributed by atoms with Gasteiger partial charge in [0.05, 0.1) is 6.61 Å². The van der Waals surface area contributed by atoms with E-state index in [0.29, 0.717) is 0 Å². The number of hydrogen-bond acceptors (Lipinski definition) is 7. The lowest BCUT2D eigenvalue weighted by Crippen LogP contribution is -2.46. The minimum absolute atomic E-state index is 0.00576. The van der Waals surface area contributed by atoms with E-state index in [1.54, 1.807) is 13.8 Å². The molecule has 0 N–H and O–H groups in total. The van der Waals surface area contributed by atoms with Gasteiger partial charge in [-0.05, 0) is 13.8 Å². The van der Waals surface area contributed by atoms with Gasteiger partial charge in [-0.1, -0.05) is 0 Å². The van der Waals surface area contributed by atoms with Crippen LogP contribution in [0.2, 0.25) is 0 Å². The minimum Gasteiger partial charge on any atom is -0.463 e. The van der Waals surface area contributed by atoms with Crippen LogP contribution in [0.25, 0.3) is 0 Å². The zero-order valence-electron chi connectivity index (χ0n) is 11.4.